The highest BCUT2D eigenvalue weighted by Gasteiger charge is 2.32. The first-order valence-corrected chi connectivity index (χ1v) is 8.20. The van der Waals surface area contributed by atoms with Crippen molar-refractivity contribution in [1.29, 1.82) is 0 Å². The zero-order valence-electron chi connectivity index (χ0n) is 11.0. The minimum atomic E-state index is -3.60. The van der Waals surface area contributed by atoms with Gasteiger partial charge in [-0.15, -0.1) is 0 Å². The molecule has 21 heavy (non-hydrogen) atoms. The van der Waals surface area contributed by atoms with Gasteiger partial charge in [-0.2, -0.15) is 0 Å². The molecule has 1 N–H and O–H groups in total. The Morgan fingerprint density at radius 1 is 1.24 bits per heavy atom. The minimum Gasteiger partial charge on any atom is -0.352 e. The zero-order valence-corrected chi connectivity index (χ0v) is 12.5. The monoisotopic (exact) mass is 324 g/mol. The van der Waals surface area contributed by atoms with E-state index in [0.29, 0.717) is 13.1 Å². The number of anilines is 1. The highest BCUT2D eigenvalue weighted by Crippen LogP contribution is 2.23. The molecule has 110 valence electrons. The Hall–Kier alpha value is -1.70. The lowest BCUT2D eigenvalue weighted by Gasteiger charge is -2.39. The first-order chi connectivity index (χ1) is 10.1. The fourth-order valence-electron chi connectivity index (χ4n) is 2.14. The molecular weight excluding hydrogens is 312 g/mol. The smallest absolute Gasteiger partial charge is 0.242 e. The third kappa shape index (κ3) is 2.99. The van der Waals surface area contributed by atoms with E-state index >= 15 is 0 Å². The Kier molecular flexibility index (Phi) is 3.79. The van der Waals surface area contributed by atoms with Crippen LogP contribution in [0.5, 0.6) is 0 Å². The topological polar surface area (TPSA) is 75.2 Å². The Labute approximate surface area is 127 Å². The second-order valence-electron chi connectivity index (χ2n) is 4.72. The summed E-state index contributed by atoms with van der Waals surface area (Å²) >= 11 is 5.93. The second-order valence-corrected chi connectivity index (χ2v) is 6.81. The van der Waals surface area contributed by atoms with Gasteiger partial charge < -0.3 is 4.90 Å². The molecule has 1 fully saturated rings. The lowest BCUT2D eigenvalue weighted by Crippen LogP contribution is -2.59. The molecule has 0 unspecified atom stereocenters. The Morgan fingerprint density at radius 2 is 2.00 bits per heavy atom. The average Bonchev–Trinajstić information content (AvgIpc) is 2.43. The van der Waals surface area contributed by atoms with Crippen molar-refractivity contribution in [3.8, 4) is 0 Å². The second kappa shape index (κ2) is 5.59. The summed E-state index contributed by atoms with van der Waals surface area (Å²) in [4.78, 5) is 10.2. The van der Waals surface area contributed by atoms with Gasteiger partial charge in [0.25, 0.3) is 0 Å². The van der Waals surface area contributed by atoms with Crippen molar-refractivity contribution in [2.24, 2.45) is 0 Å². The van der Waals surface area contributed by atoms with Gasteiger partial charge in [-0.25, -0.2) is 18.1 Å². The van der Waals surface area contributed by atoms with Crippen LogP contribution in [0.4, 0.5) is 5.82 Å². The van der Waals surface area contributed by atoms with Crippen LogP contribution in [0, 0.1) is 0 Å². The summed E-state index contributed by atoms with van der Waals surface area (Å²) in [5, 5.41) is 0.218. The highest BCUT2D eigenvalue weighted by molar-refractivity contribution is 7.89. The summed E-state index contributed by atoms with van der Waals surface area (Å²) < 4.78 is 27.2. The van der Waals surface area contributed by atoms with Crippen molar-refractivity contribution in [3.63, 3.8) is 0 Å². The third-order valence-electron chi connectivity index (χ3n) is 3.20. The quantitative estimate of drug-likeness (QED) is 0.917. The van der Waals surface area contributed by atoms with Crippen LogP contribution in [0.25, 0.3) is 0 Å². The molecule has 0 atom stereocenters. The molecule has 2 aromatic rings. The summed E-state index contributed by atoms with van der Waals surface area (Å²) in [6.45, 7) is 1.12. The molecule has 1 saturated heterocycles. The summed E-state index contributed by atoms with van der Waals surface area (Å²) in [7, 11) is -3.60. The van der Waals surface area contributed by atoms with E-state index in [9.17, 15) is 8.42 Å². The summed E-state index contributed by atoms with van der Waals surface area (Å²) in [5.41, 5.74) is 0. The number of halogens is 1. The maximum Gasteiger partial charge on any atom is 0.242 e. The van der Waals surface area contributed by atoms with Gasteiger partial charge in [0.05, 0.1) is 17.3 Å². The maximum absolute atomic E-state index is 12.3. The fourth-order valence-corrected chi connectivity index (χ4v) is 3.88. The standard InChI is InChI=1S/C13H13ClN4O2S/c14-11-3-1-2-4-12(11)21(19,20)17-10-8-18(9-10)13-7-15-5-6-16-13/h1-7,10,17H,8-9H2. The molecule has 8 heteroatoms. The number of sulfonamides is 1. The summed E-state index contributed by atoms with van der Waals surface area (Å²) in [6, 6.07) is 6.23. The van der Waals surface area contributed by atoms with E-state index in [4.69, 9.17) is 11.6 Å². The fraction of sp³-hybridized carbons (Fsp3) is 0.231. The first kappa shape index (κ1) is 14.2. The summed E-state index contributed by atoms with van der Waals surface area (Å²) in [5.74, 6) is 0.741. The summed E-state index contributed by atoms with van der Waals surface area (Å²) in [6.07, 6.45) is 4.86. The molecule has 1 aliphatic heterocycles. The predicted molar refractivity (Wildman–Crippen MR) is 79.8 cm³/mol. The van der Waals surface area contributed by atoms with Crippen molar-refractivity contribution in [3.05, 3.63) is 47.9 Å². The maximum atomic E-state index is 12.3. The third-order valence-corrected chi connectivity index (χ3v) is 5.22. The van der Waals surface area contributed by atoms with Gasteiger partial charge in [0.2, 0.25) is 10.0 Å². The first-order valence-electron chi connectivity index (χ1n) is 6.34. The Morgan fingerprint density at radius 3 is 2.67 bits per heavy atom. The lowest BCUT2D eigenvalue weighted by molar-refractivity contribution is 0.465. The lowest BCUT2D eigenvalue weighted by atomic mass is 10.1. The van der Waals surface area contributed by atoms with Gasteiger partial charge in [0, 0.05) is 25.5 Å². The van der Waals surface area contributed by atoms with Gasteiger partial charge in [0.15, 0.2) is 0 Å². The largest absolute Gasteiger partial charge is 0.352 e. The molecule has 3 rings (SSSR count). The van der Waals surface area contributed by atoms with E-state index in [2.05, 4.69) is 14.7 Å². The number of nitrogens with one attached hydrogen (secondary N) is 1. The van der Waals surface area contributed by atoms with Crippen LogP contribution in [0.3, 0.4) is 0 Å². The number of benzene rings is 1. The van der Waals surface area contributed by atoms with Crippen molar-refractivity contribution in [1.82, 2.24) is 14.7 Å². The van der Waals surface area contributed by atoms with Crippen molar-refractivity contribution in [2.45, 2.75) is 10.9 Å². The molecule has 0 saturated carbocycles. The average molecular weight is 325 g/mol. The van der Waals surface area contributed by atoms with Crippen LogP contribution >= 0.6 is 11.6 Å². The van der Waals surface area contributed by atoms with Crippen LogP contribution in [-0.4, -0.2) is 37.5 Å². The van der Waals surface area contributed by atoms with E-state index in [-0.39, 0.29) is 16.0 Å². The van der Waals surface area contributed by atoms with Gasteiger partial charge >= 0.3 is 0 Å². The molecule has 0 amide bonds. The van der Waals surface area contributed by atoms with Crippen molar-refractivity contribution in [2.75, 3.05) is 18.0 Å². The Balaban J connectivity index is 1.66. The minimum absolute atomic E-state index is 0.101. The number of hydrogen-bond donors (Lipinski definition) is 1. The molecule has 0 radical (unpaired) electrons. The van der Waals surface area contributed by atoms with E-state index < -0.39 is 10.0 Å². The number of nitrogens with zero attached hydrogens (tertiary/aromatic N) is 3. The molecule has 1 aromatic heterocycles. The molecule has 0 bridgehead atoms. The van der Waals surface area contributed by atoms with E-state index in [0.717, 1.165) is 5.82 Å². The molecular formula is C13H13ClN4O2S. The predicted octanol–water partition coefficient (Wildman–Crippen LogP) is 1.30. The van der Waals surface area contributed by atoms with Gasteiger partial charge in [-0.05, 0) is 12.1 Å². The van der Waals surface area contributed by atoms with Gasteiger partial charge in [0.1, 0.15) is 10.7 Å². The van der Waals surface area contributed by atoms with Crippen LogP contribution in [0.2, 0.25) is 5.02 Å². The van der Waals surface area contributed by atoms with Gasteiger partial charge in [-0.1, -0.05) is 23.7 Å². The van der Waals surface area contributed by atoms with Crippen molar-refractivity contribution >= 4 is 27.4 Å². The number of hydrogen-bond acceptors (Lipinski definition) is 5. The molecule has 0 aliphatic carbocycles. The normalized spacial score (nSPS) is 15.8. The molecule has 2 heterocycles. The number of rotatable bonds is 4. The van der Waals surface area contributed by atoms with Crippen LogP contribution in [0.15, 0.2) is 47.8 Å². The zero-order chi connectivity index (χ0) is 14.9. The Bertz CT molecular complexity index is 733. The molecule has 1 aliphatic rings. The van der Waals surface area contributed by atoms with Crippen LogP contribution in [-0.2, 0) is 10.0 Å². The molecule has 6 nitrogen and oxygen atoms in total. The van der Waals surface area contributed by atoms with E-state index in [1.54, 1.807) is 36.8 Å². The van der Waals surface area contributed by atoms with E-state index in [1.807, 2.05) is 4.90 Å². The number of aromatic nitrogens is 2. The highest BCUT2D eigenvalue weighted by atomic mass is 35.5. The van der Waals surface area contributed by atoms with Crippen LogP contribution in [0.1, 0.15) is 0 Å². The van der Waals surface area contributed by atoms with Crippen LogP contribution < -0.4 is 9.62 Å². The van der Waals surface area contributed by atoms with Crippen molar-refractivity contribution < 1.29 is 8.42 Å². The SMILES string of the molecule is O=S(=O)(NC1CN(c2cnccn2)C1)c1ccccc1Cl. The van der Waals surface area contributed by atoms with E-state index in [1.165, 1.54) is 6.07 Å². The van der Waals surface area contributed by atoms with Gasteiger partial charge in [-0.3, -0.25) is 4.98 Å². The molecule has 1 aromatic carbocycles. The molecule has 0 spiro atoms.